The smallest absolute Gasteiger partial charge is 0.157 e. The van der Waals surface area contributed by atoms with E-state index in [0.29, 0.717) is 11.5 Å². The number of thiazole rings is 1. The average Bonchev–Trinajstić information content (AvgIpc) is 2.61. The number of nitrogens with one attached hydrogen (secondary N) is 1. The zero-order chi connectivity index (χ0) is 13.3. The predicted molar refractivity (Wildman–Crippen MR) is 81.7 cm³/mol. The summed E-state index contributed by atoms with van der Waals surface area (Å²) in [5.41, 5.74) is 1.47. The first-order chi connectivity index (χ1) is 8.37. The summed E-state index contributed by atoms with van der Waals surface area (Å²) in [6, 6.07) is 0.295. The maximum atomic E-state index is 4.64. The molecule has 1 atom stereocenters. The molecule has 0 fully saturated rings. The Morgan fingerprint density at radius 2 is 2.06 bits per heavy atom. The van der Waals surface area contributed by atoms with E-state index in [4.69, 9.17) is 0 Å². The van der Waals surface area contributed by atoms with Crippen LogP contribution in [0, 0.1) is 19.3 Å². The van der Waals surface area contributed by atoms with Crippen LogP contribution in [0.25, 0.3) is 0 Å². The molecule has 0 bridgehead atoms. The van der Waals surface area contributed by atoms with Crippen molar-refractivity contribution in [2.24, 2.45) is 10.4 Å². The summed E-state index contributed by atoms with van der Waals surface area (Å²) in [5, 5.41) is 5.72. The number of aliphatic imine (C=N–C) groups is 1. The molecule has 0 aliphatic carbocycles. The van der Waals surface area contributed by atoms with Gasteiger partial charge in [-0.25, -0.2) is 4.98 Å². The molecule has 3 nitrogen and oxygen atoms in total. The molecule has 1 unspecified atom stereocenters. The zero-order valence-corrected chi connectivity index (χ0v) is 13.3. The van der Waals surface area contributed by atoms with E-state index in [9.17, 15) is 0 Å². The van der Waals surface area contributed by atoms with Crippen LogP contribution in [0.15, 0.2) is 4.99 Å². The van der Waals surface area contributed by atoms with Crippen molar-refractivity contribution in [3.63, 3.8) is 0 Å². The Morgan fingerprint density at radius 3 is 2.56 bits per heavy atom. The average molecular weight is 283 g/mol. The number of thioether (sulfide) groups is 1. The van der Waals surface area contributed by atoms with Crippen molar-refractivity contribution in [3.8, 4) is 0 Å². The topological polar surface area (TPSA) is 37.3 Å². The first-order valence-corrected chi connectivity index (χ1v) is 8.05. The van der Waals surface area contributed by atoms with Crippen LogP contribution in [0.2, 0.25) is 0 Å². The van der Waals surface area contributed by atoms with Crippen molar-refractivity contribution in [1.82, 2.24) is 10.3 Å². The van der Waals surface area contributed by atoms with E-state index in [-0.39, 0.29) is 0 Å². The molecule has 1 N–H and O–H groups in total. The minimum atomic E-state index is 0.295. The molecule has 0 saturated heterocycles. The molecule has 1 aromatic heterocycles. The van der Waals surface area contributed by atoms with E-state index in [1.165, 1.54) is 4.88 Å². The largest absolute Gasteiger partial charge is 0.358 e. The summed E-state index contributed by atoms with van der Waals surface area (Å²) in [7, 11) is 0. The number of aromatic nitrogens is 1. The van der Waals surface area contributed by atoms with Crippen LogP contribution in [-0.4, -0.2) is 22.4 Å². The van der Waals surface area contributed by atoms with E-state index in [2.05, 4.69) is 49.9 Å². The number of nitrogens with zero attached hydrogens (tertiary/aromatic N) is 2. The first kappa shape index (κ1) is 13.9. The molecule has 1 aliphatic heterocycles. The van der Waals surface area contributed by atoms with Crippen LogP contribution in [0.4, 0.5) is 0 Å². The van der Waals surface area contributed by atoms with Crippen molar-refractivity contribution in [3.05, 3.63) is 15.6 Å². The maximum Gasteiger partial charge on any atom is 0.157 e. The zero-order valence-electron chi connectivity index (χ0n) is 11.7. The van der Waals surface area contributed by atoms with E-state index < -0.39 is 0 Å². The van der Waals surface area contributed by atoms with Gasteiger partial charge in [0.1, 0.15) is 0 Å². The highest BCUT2D eigenvalue weighted by atomic mass is 32.2. The maximum absolute atomic E-state index is 4.64. The van der Waals surface area contributed by atoms with Gasteiger partial charge in [-0.15, -0.1) is 11.3 Å². The van der Waals surface area contributed by atoms with E-state index in [0.717, 1.165) is 28.2 Å². The highest BCUT2D eigenvalue weighted by molar-refractivity contribution is 8.13. The van der Waals surface area contributed by atoms with Crippen LogP contribution in [0.3, 0.4) is 0 Å². The molecule has 1 aliphatic rings. The van der Waals surface area contributed by atoms with Crippen molar-refractivity contribution in [2.45, 2.75) is 40.7 Å². The molecule has 2 heterocycles. The molecule has 1 aromatic rings. The highest BCUT2D eigenvalue weighted by Gasteiger charge is 2.24. The fourth-order valence-electron chi connectivity index (χ4n) is 1.93. The van der Waals surface area contributed by atoms with Gasteiger partial charge in [0.25, 0.3) is 0 Å². The Labute approximate surface area is 118 Å². The summed E-state index contributed by atoms with van der Waals surface area (Å²) in [6.07, 6.45) is 0. The normalized spacial score (nSPS) is 20.4. The number of aryl methyl sites for hydroxylation is 2. The molecule has 0 amide bonds. The summed E-state index contributed by atoms with van der Waals surface area (Å²) < 4.78 is 0. The third kappa shape index (κ3) is 3.26. The summed E-state index contributed by atoms with van der Waals surface area (Å²) >= 11 is 3.60. The standard InChI is InChI=1S/C13H21N3S2/c1-8-11(18-10(3)15-8)9(2)16-12-14-6-13(4,5)7-17-12/h9H,6-7H2,1-5H3,(H,14,16). The Hall–Kier alpha value is -0.550. The summed E-state index contributed by atoms with van der Waals surface area (Å²) in [4.78, 5) is 10.4. The Morgan fingerprint density at radius 1 is 1.33 bits per heavy atom. The first-order valence-electron chi connectivity index (χ1n) is 6.25. The Kier molecular flexibility index (Phi) is 4.02. The molecule has 5 heteroatoms. The molecule has 2 rings (SSSR count). The number of hydrogen-bond donors (Lipinski definition) is 1. The molecule has 0 saturated carbocycles. The fourth-order valence-corrected chi connectivity index (χ4v) is 3.89. The second kappa shape index (κ2) is 5.21. The number of rotatable bonds is 2. The van der Waals surface area contributed by atoms with Crippen LogP contribution >= 0.6 is 23.1 Å². The van der Waals surface area contributed by atoms with Crippen molar-refractivity contribution in [1.29, 1.82) is 0 Å². The second-order valence-electron chi connectivity index (χ2n) is 5.62. The van der Waals surface area contributed by atoms with Gasteiger partial charge >= 0.3 is 0 Å². The van der Waals surface area contributed by atoms with Gasteiger partial charge in [-0.1, -0.05) is 25.6 Å². The van der Waals surface area contributed by atoms with Gasteiger partial charge < -0.3 is 5.32 Å². The quantitative estimate of drug-likeness (QED) is 0.902. The van der Waals surface area contributed by atoms with E-state index in [1.54, 1.807) is 11.3 Å². The lowest BCUT2D eigenvalue weighted by Gasteiger charge is -2.28. The number of hydrogen-bond acceptors (Lipinski definition) is 5. The van der Waals surface area contributed by atoms with E-state index in [1.807, 2.05) is 11.8 Å². The molecule has 0 radical (unpaired) electrons. The van der Waals surface area contributed by atoms with Gasteiger partial charge in [0.2, 0.25) is 0 Å². The SMILES string of the molecule is Cc1nc(C)c(C(C)NC2=NCC(C)(C)CS2)s1. The third-order valence-electron chi connectivity index (χ3n) is 2.92. The van der Waals surface area contributed by atoms with Crippen LogP contribution < -0.4 is 5.32 Å². The third-order valence-corrected chi connectivity index (χ3v) is 5.62. The van der Waals surface area contributed by atoms with Crippen LogP contribution in [0.1, 0.15) is 42.4 Å². The summed E-state index contributed by atoms with van der Waals surface area (Å²) in [6.45, 7) is 11.8. The van der Waals surface area contributed by atoms with Gasteiger partial charge in [-0.2, -0.15) is 0 Å². The molecule has 100 valence electrons. The lowest BCUT2D eigenvalue weighted by Crippen LogP contribution is -2.32. The lowest BCUT2D eigenvalue weighted by molar-refractivity contribution is 0.436. The monoisotopic (exact) mass is 283 g/mol. The van der Waals surface area contributed by atoms with Gasteiger partial charge in [-0.05, 0) is 26.2 Å². The highest BCUT2D eigenvalue weighted by Crippen LogP contribution is 2.29. The van der Waals surface area contributed by atoms with Gasteiger partial charge in [-0.3, -0.25) is 4.99 Å². The molecule has 18 heavy (non-hydrogen) atoms. The van der Waals surface area contributed by atoms with E-state index >= 15 is 0 Å². The van der Waals surface area contributed by atoms with Gasteiger partial charge in [0, 0.05) is 17.2 Å². The summed E-state index contributed by atoms with van der Waals surface area (Å²) in [5.74, 6) is 1.13. The van der Waals surface area contributed by atoms with Crippen LogP contribution in [-0.2, 0) is 0 Å². The van der Waals surface area contributed by atoms with Crippen molar-refractivity contribution in [2.75, 3.05) is 12.3 Å². The molecular weight excluding hydrogens is 262 g/mol. The Balaban J connectivity index is 2.02. The minimum Gasteiger partial charge on any atom is -0.358 e. The molecule has 0 spiro atoms. The fraction of sp³-hybridized carbons (Fsp3) is 0.692. The molecular formula is C13H21N3S2. The lowest BCUT2D eigenvalue weighted by atomic mass is 9.97. The number of amidine groups is 1. The van der Waals surface area contributed by atoms with Crippen molar-refractivity contribution < 1.29 is 0 Å². The Bertz CT molecular complexity index is 463. The molecule has 0 aromatic carbocycles. The van der Waals surface area contributed by atoms with Crippen molar-refractivity contribution >= 4 is 28.3 Å². The van der Waals surface area contributed by atoms with Gasteiger partial charge in [0.15, 0.2) is 5.17 Å². The van der Waals surface area contributed by atoms with Crippen LogP contribution in [0.5, 0.6) is 0 Å². The second-order valence-corrected chi connectivity index (χ2v) is 7.82. The minimum absolute atomic E-state index is 0.295. The predicted octanol–water partition coefficient (Wildman–Crippen LogP) is 3.54. The van der Waals surface area contributed by atoms with Gasteiger partial charge in [0.05, 0.1) is 16.7 Å².